The van der Waals surface area contributed by atoms with Crippen LogP contribution in [0.5, 0.6) is 11.5 Å². The summed E-state index contributed by atoms with van der Waals surface area (Å²) in [7, 11) is 0. The first kappa shape index (κ1) is 18.3. The number of fused-ring (bicyclic) bond motifs is 1. The molecule has 0 saturated heterocycles. The summed E-state index contributed by atoms with van der Waals surface area (Å²) in [6.45, 7) is 0.197. The number of amides is 1. The van der Waals surface area contributed by atoms with Crippen LogP contribution in [0.4, 0.5) is 10.1 Å². The average molecular weight is 393 g/mol. The Bertz CT molecular complexity index is 820. The highest BCUT2D eigenvalue weighted by Gasteiger charge is 2.13. The number of carbonyl (C=O) groups is 1. The van der Waals surface area contributed by atoms with E-state index in [0.717, 1.165) is 0 Å². The Morgan fingerprint density at radius 2 is 1.96 bits per heavy atom. The maximum Gasteiger partial charge on any atom is 0.248 e. The maximum atomic E-state index is 13.5. The zero-order valence-electron chi connectivity index (χ0n) is 13.6. The number of thiocarbonyl (C=S) groups is 1. The summed E-state index contributed by atoms with van der Waals surface area (Å²) >= 11 is 6.43. The van der Waals surface area contributed by atoms with Crippen molar-refractivity contribution in [2.45, 2.75) is 5.75 Å². The van der Waals surface area contributed by atoms with Gasteiger partial charge in [-0.1, -0.05) is 18.2 Å². The molecule has 0 fully saturated rings. The van der Waals surface area contributed by atoms with Gasteiger partial charge >= 0.3 is 0 Å². The van der Waals surface area contributed by atoms with Crippen molar-refractivity contribution in [2.24, 2.45) is 0 Å². The van der Waals surface area contributed by atoms with E-state index in [9.17, 15) is 9.18 Å². The number of hydrazine groups is 1. The van der Waals surface area contributed by atoms with Crippen LogP contribution in [0.3, 0.4) is 0 Å². The van der Waals surface area contributed by atoms with Gasteiger partial charge in [0, 0.05) is 17.5 Å². The van der Waals surface area contributed by atoms with Gasteiger partial charge < -0.3 is 14.8 Å². The van der Waals surface area contributed by atoms with Gasteiger partial charge in [0.1, 0.15) is 5.82 Å². The molecule has 0 bridgehead atoms. The SMILES string of the molecule is O=C(CSCc1ccccc1F)NNC(=S)Nc1ccc2c(c1)OCO2. The maximum absolute atomic E-state index is 13.5. The number of halogens is 1. The fourth-order valence-electron chi connectivity index (χ4n) is 2.17. The number of hydrogen-bond donors (Lipinski definition) is 3. The number of benzene rings is 2. The van der Waals surface area contributed by atoms with Crippen molar-refractivity contribution in [3.8, 4) is 11.5 Å². The zero-order valence-corrected chi connectivity index (χ0v) is 15.2. The number of nitrogens with one attached hydrogen (secondary N) is 3. The van der Waals surface area contributed by atoms with E-state index in [4.69, 9.17) is 21.7 Å². The Hall–Kier alpha value is -2.52. The Kier molecular flexibility index (Phi) is 6.13. The first-order valence-corrected chi connectivity index (χ1v) is 9.25. The molecule has 6 nitrogen and oxygen atoms in total. The average Bonchev–Trinajstić information content (AvgIpc) is 3.09. The summed E-state index contributed by atoms with van der Waals surface area (Å²) in [5.41, 5.74) is 6.38. The van der Waals surface area contributed by atoms with Crippen molar-refractivity contribution in [3.63, 3.8) is 0 Å². The van der Waals surface area contributed by atoms with E-state index in [0.29, 0.717) is 28.5 Å². The first-order valence-electron chi connectivity index (χ1n) is 7.68. The molecule has 1 heterocycles. The summed E-state index contributed by atoms with van der Waals surface area (Å²) in [6.07, 6.45) is 0. The van der Waals surface area contributed by atoms with Crippen LogP contribution in [0.2, 0.25) is 0 Å². The number of thioether (sulfide) groups is 1. The molecule has 26 heavy (non-hydrogen) atoms. The minimum Gasteiger partial charge on any atom is -0.454 e. The van der Waals surface area contributed by atoms with E-state index in [-0.39, 0.29) is 29.4 Å². The van der Waals surface area contributed by atoms with Crippen molar-refractivity contribution in [1.29, 1.82) is 0 Å². The zero-order chi connectivity index (χ0) is 18.4. The largest absolute Gasteiger partial charge is 0.454 e. The van der Waals surface area contributed by atoms with Crippen LogP contribution < -0.4 is 25.6 Å². The lowest BCUT2D eigenvalue weighted by atomic mass is 10.2. The highest BCUT2D eigenvalue weighted by molar-refractivity contribution is 7.99. The molecule has 9 heteroatoms. The van der Waals surface area contributed by atoms with Crippen molar-refractivity contribution in [3.05, 3.63) is 53.8 Å². The quantitative estimate of drug-likeness (QED) is 0.533. The third kappa shape index (κ3) is 4.99. The Balaban J connectivity index is 1.37. The number of ether oxygens (including phenoxy) is 2. The topological polar surface area (TPSA) is 71.6 Å². The molecule has 0 atom stereocenters. The molecule has 1 amide bonds. The van der Waals surface area contributed by atoms with Crippen molar-refractivity contribution in [2.75, 3.05) is 17.9 Å². The van der Waals surface area contributed by atoms with Gasteiger partial charge in [0.2, 0.25) is 12.7 Å². The van der Waals surface area contributed by atoms with E-state index in [1.165, 1.54) is 17.8 Å². The van der Waals surface area contributed by atoms with E-state index in [1.807, 2.05) is 0 Å². The summed E-state index contributed by atoms with van der Waals surface area (Å²) in [5, 5.41) is 3.16. The van der Waals surface area contributed by atoms with Gasteiger partial charge in [-0.25, -0.2) is 4.39 Å². The minimum absolute atomic E-state index is 0.175. The predicted octanol–water partition coefficient (Wildman–Crippen LogP) is 2.81. The summed E-state index contributed by atoms with van der Waals surface area (Å²) in [6, 6.07) is 11.8. The Morgan fingerprint density at radius 1 is 1.15 bits per heavy atom. The molecule has 3 rings (SSSR count). The Morgan fingerprint density at radius 3 is 2.81 bits per heavy atom. The molecule has 0 saturated carbocycles. The van der Waals surface area contributed by atoms with Gasteiger partial charge in [-0.15, -0.1) is 11.8 Å². The molecule has 2 aromatic rings. The lowest BCUT2D eigenvalue weighted by molar-refractivity contribution is -0.119. The smallest absolute Gasteiger partial charge is 0.248 e. The van der Waals surface area contributed by atoms with Gasteiger partial charge in [0.15, 0.2) is 16.6 Å². The number of hydrogen-bond acceptors (Lipinski definition) is 5. The van der Waals surface area contributed by atoms with Crippen LogP contribution in [-0.2, 0) is 10.5 Å². The fourth-order valence-corrected chi connectivity index (χ4v) is 3.15. The van der Waals surface area contributed by atoms with E-state index in [1.54, 1.807) is 36.4 Å². The van der Waals surface area contributed by atoms with Crippen molar-refractivity contribution >= 4 is 40.7 Å². The molecule has 0 spiro atoms. The first-order chi connectivity index (χ1) is 12.6. The van der Waals surface area contributed by atoms with Crippen LogP contribution in [-0.4, -0.2) is 23.6 Å². The molecule has 3 N–H and O–H groups in total. The van der Waals surface area contributed by atoms with Crippen molar-refractivity contribution < 1.29 is 18.7 Å². The molecular weight excluding hydrogens is 377 g/mol. The van der Waals surface area contributed by atoms with Gasteiger partial charge in [-0.05, 0) is 36.0 Å². The minimum atomic E-state index is -0.271. The standard InChI is InChI=1S/C17H16FN3O3S2/c18-13-4-2-1-3-11(13)8-26-9-16(22)20-21-17(25)19-12-5-6-14-15(7-12)24-10-23-14/h1-7H,8-10H2,(H,20,22)(H2,19,21,25). The van der Waals surface area contributed by atoms with E-state index >= 15 is 0 Å². The lowest BCUT2D eigenvalue weighted by Crippen LogP contribution is -2.44. The second kappa shape index (κ2) is 8.72. The molecule has 136 valence electrons. The lowest BCUT2D eigenvalue weighted by Gasteiger charge is -2.12. The van der Waals surface area contributed by atoms with E-state index in [2.05, 4.69) is 16.2 Å². The van der Waals surface area contributed by atoms with Gasteiger partial charge in [0.05, 0.1) is 5.75 Å². The van der Waals surface area contributed by atoms with Gasteiger partial charge in [-0.2, -0.15) is 0 Å². The van der Waals surface area contributed by atoms with Gasteiger partial charge in [0.25, 0.3) is 0 Å². The monoisotopic (exact) mass is 393 g/mol. The fraction of sp³-hybridized carbons (Fsp3) is 0.176. The van der Waals surface area contributed by atoms with Crippen LogP contribution in [0.15, 0.2) is 42.5 Å². The molecule has 1 aliphatic heterocycles. The molecule has 0 unspecified atom stereocenters. The molecule has 2 aromatic carbocycles. The predicted molar refractivity (Wildman–Crippen MR) is 103 cm³/mol. The van der Waals surface area contributed by atoms with E-state index < -0.39 is 0 Å². The highest BCUT2D eigenvalue weighted by Crippen LogP contribution is 2.34. The number of rotatable bonds is 5. The van der Waals surface area contributed by atoms with Gasteiger partial charge in [-0.3, -0.25) is 15.6 Å². The Labute approximate surface area is 159 Å². The summed E-state index contributed by atoms with van der Waals surface area (Å²) in [4.78, 5) is 11.8. The third-order valence-electron chi connectivity index (χ3n) is 3.39. The number of anilines is 1. The van der Waals surface area contributed by atoms with Crippen LogP contribution >= 0.6 is 24.0 Å². The molecule has 1 aliphatic rings. The van der Waals surface area contributed by atoms with Crippen LogP contribution in [0.25, 0.3) is 0 Å². The normalized spacial score (nSPS) is 11.7. The van der Waals surface area contributed by atoms with Crippen molar-refractivity contribution in [1.82, 2.24) is 10.9 Å². The summed E-state index contributed by atoms with van der Waals surface area (Å²) < 4.78 is 24.0. The van der Waals surface area contributed by atoms with Crippen LogP contribution in [0, 0.1) is 5.82 Å². The van der Waals surface area contributed by atoms with Crippen LogP contribution in [0.1, 0.15) is 5.56 Å². The highest BCUT2D eigenvalue weighted by atomic mass is 32.2. The number of carbonyl (C=O) groups excluding carboxylic acids is 1. The summed E-state index contributed by atoms with van der Waals surface area (Å²) in [5.74, 6) is 1.36. The third-order valence-corrected chi connectivity index (χ3v) is 4.58. The molecule has 0 aromatic heterocycles. The molecular formula is C17H16FN3O3S2. The molecule has 0 aliphatic carbocycles. The molecule has 0 radical (unpaired) electrons. The second-order valence-corrected chi connectivity index (χ2v) is 6.67. The second-order valence-electron chi connectivity index (χ2n) is 5.28.